The van der Waals surface area contributed by atoms with Gasteiger partial charge in [0.05, 0.1) is 0 Å². The number of rotatable bonds is 4. The molecule has 1 nitrogen and oxygen atoms in total. The normalized spacial score (nSPS) is 17.8. The van der Waals surface area contributed by atoms with E-state index < -0.39 is 0 Å². The number of nitrogens with one attached hydrogen (secondary N) is 1. The van der Waals surface area contributed by atoms with Crippen molar-refractivity contribution in [1.29, 1.82) is 0 Å². The average molecular weight is 268 g/mol. The second-order valence-electron chi connectivity index (χ2n) is 4.78. The van der Waals surface area contributed by atoms with Gasteiger partial charge >= 0.3 is 0 Å². The predicted octanol–water partition coefficient (Wildman–Crippen LogP) is 3.30. The van der Waals surface area contributed by atoms with Gasteiger partial charge in [-0.3, -0.25) is 0 Å². The number of hydrogen-bond acceptors (Lipinski definition) is 1. The lowest BCUT2D eigenvalue weighted by molar-refractivity contribution is 0.477. The van der Waals surface area contributed by atoms with Crippen molar-refractivity contribution in [2.45, 2.75) is 26.2 Å². The molecule has 1 fully saturated rings. The Kier molecular flexibility index (Phi) is 3.17. The quantitative estimate of drug-likeness (QED) is 0.883. The minimum absolute atomic E-state index is 0.556. The van der Waals surface area contributed by atoms with Crippen LogP contribution in [0.4, 0.5) is 0 Å². The van der Waals surface area contributed by atoms with E-state index in [9.17, 15) is 0 Å². The topological polar surface area (TPSA) is 12.0 Å². The minimum atomic E-state index is 0.556. The van der Waals surface area contributed by atoms with E-state index in [-0.39, 0.29) is 0 Å². The summed E-state index contributed by atoms with van der Waals surface area (Å²) in [6.07, 6.45) is 3.97. The minimum Gasteiger partial charge on any atom is -0.319 e. The Labute approximate surface area is 100 Å². The zero-order chi connectivity index (χ0) is 10.9. The number of hydrogen-bond donors (Lipinski definition) is 1. The summed E-state index contributed by atoms with van der Waals surface area (Å²) in [5, 5.41) is 3.31. The molecule has 0 atom stereocenters. The van der Waals surface area contributed by atoms with Crippen molar-refractivity contribution in [1.82, 2.24) is 5.32 Å². The van der Waals surface area contributed by atoms with Crippen LogP contribution in [-0.4, -0.2) is 13.6 Å². The molecule has 82 valence electrons. The van der Waals surface area contributed by atoms with Crippen molar-refractivity contribution in [3.63, 3.8) is 0 Å². The molecule has 0 heterocycles. The molecular weight excluding hydrogens is 250 g/mol. The van der Waals surface area contributed by atoms with Crippen LogP contribution >= 0.6 is 15.9 Å². The molecule has 1 aliphatic rings. The zero-order valence-corrected chi connectivity index (χ0v) is 11.0. The van der Waals surface area contributed by atoms with Crippen LogP contribution in [0.3, 0.4) is 0 Å². The van der Waals surface area contributed by atoms with Crippen molar-refractivity contribution in [2.24, 2.45) is 5.41 Å². The molecule has 1 N–H and O–H groups in total. The fourth-order valence-corrected chi connectivity index (χ4v) is 2.61. The van der Waals surface area contributed by atoms with E-state index in [1.54, 1.807) is 0 Å². The molecule has 0 unspecified atom stereocenters. The second kappa shape index (κ2) is 4.26. The van der Waals surface area contributed by atoms with E-state index >= 15 is 0 Å². The van der Waals surface area contributed by atoms with Gasteiger partial charge in [-0.05, 0) is 61.9 Å². The van der Waals surface area contributed by atoms with E-state index in [0.717, 1.165) is 6.54 Å². The first-order valence-electron chi connectivity index (χ1n) is 5.55. The molecular formula is C13H18BrN. The van der Waals surface area contributed by atoms with Gasteiger partial charge in [0.1, 0.15) is 0 Å². The van der Waals surface area contributed by atoms with Crippen molar-refractivity contribution in [2.75, 3.05) is 13.6 Å². The summed E-state index contributed by atoms with van der Waals surface area (Å²) in [5.74, 6) is 0. The summed E-state index contributed by atoms with van der Waals surface area (Å²) in [6, 6.07) is 6.59. The SMILES string of the molecule is CNCC1(Cc2cc(Br)ccc2C)CC1. The van der Waals surface area contributed by atoms with Gasteiger partial charge in [0.15, 0.2) is 0 Å². The molecule has 0 spiro atoms. The molecule has 0 aliphatic heterocycles. The standard InChI is InChI=1S/C13H18BrN/c1-10-3-4-12(14)7-11(10)8-13(5-6-13)9-15-2/h3-4,7,15H,5-6,8-9H2,1-2H3. The Balaban J connectivity index is 2.13. The first-order valence-corrected chi connectivity index (χ1v) is 6.34. The molecule has 0 bridgehead atoms. The van der Waals surface area contributed by atoms with Gasteiger partial charge in [0, 0.05) is 11.0 Å². The second-order valence-corrected chi connectivity index (χ2v) is 5.69. The van der Waals surface area contributed by atoms with Crippen molar-refractivity contribution < 1.29 is 0 Å². The van der Waals surface area contributed by atoms with Crippen LogP contribution < -0.4 is 5.32 Å². The zero-order valence-electron chi connectivity index (χ0n) is 9.44. The summed E-state index contributed by atoms with van der Waals surface area (Å²) in [4.78, 5) is 0. The van der Waals surface area contributed by atoms with E-state index in [1.807, 2.05) is 7.05 Å². The van der Waals surface area contributed by atoms with E-state index in [2.05, 4.69) is 46.4 Å². The molecule has 0 saturated heterocycles. The maximum absolute atomic E-state index is 3.55. The molecule has 0 aromatic heterocycles. The largest absolute Gasteiger partial charge is 0.319 e. The predicted molar refractivity (Wildman–Crippen MR) is 68.2 cm³/mol. The van der Waals surface area contributed by atoms with Gasteiger partial charge in [-0.1, -0.05) is 22.0 Å². The maximum Gasteiger partial charge on any atom is 0.0178 e. The van der Waals surface area contributed by atoms with E-state index in [0.29, 0.717) is 5.41 Å². The van der Waals surface area contributed by atoms with Gasteiger partial charge in [0.2, 0.25) is 0 Å². The van der Waals surface area contributed by atoms with Gasteiger partial charge in [-0.15, -0.1) is 0 Å². The Morgan fingerprint density at radius 3 is 2.73 bits per heavy atom. The van der Waals surface area contributed by atoms with Gasteiger partial charge in [-0.2, -0.15) is 0 Å². The molecule has 1 aromatic rings. The van der Waals surface area contributed by atoms with Crippen LogP contribution in [-0.2, 0) is 6.42 Å². The van der Waals surface area contributed by atoms with Gasteiger partial charge in [-0.25, -0.2) is 0 Å². The van der Waals surface area contributed by atoms with Crippen LogP contribution in [0.2, 0.25) is 0 Å². The molecule has 1 aromatic carbocycles. The highest BCUT2D eigenvalue weighted by atomic mass is 79.9. The Morgan fingerprint density at radius 1 is 1.40 bits per heavy atom. The molecule has 0 amide bonds. The fourth-order valence-electron chi connectivity index (χ4n) is 2.20. The molecule has 15 heavy (non-hydrogen) atoms. The molecule has 1 saturated carbocycles. The molecule has 0 radical (unpaired) electrons. The Bertz CT molecular complexity index is 356. The van der Waals surface area contributed by atoms with Crippen LogP contribution in [0.5, 0.6) is 0 Å². The highest BCUT2D eigenvalue weighted by molar-refractivity contribution is 9.10. The van der Waals surface area contributed by atoms with Crippen molar-refractivity contribution in [3.8, 4) is 0 Å². The monoisotopic (exact) mass is 267 g/mol. The van der Waals surface area contributed by atoms with Crippen LogP contribution in [0.25, 0.3) is 0 Å². The Hall–Kier alpha value is -0.340. The number of aryl methyl sites for hydroxylation is 1. The molecule has 1 aliphatic carbocycles. The van der Waals surface area contributed by atoms with Crippen LogP contribution in [0, 0.1) is 12.3 Å². The lowest BCUT2D eigenvalue weighted by Gasteiger charge is -2.16. The van der Waals surface area contributed by atoms with E-state index in [1.165, 1.54) is 34.9 Å². The Morgan fingerprint density at radius 2 is 2.13 bits per heavy atom. The highest BCUT2D eigenvalue weighted by Crippen LogP contribution is 2.48. The van der Waals surface area contributed by atoms with Crippen LogP contribution in [0.15, 0.2) is 22.7 Å². The van der Waals surface area contributed by atoms with Gasteiger partial charge < -0.3 is 5.32 Å². The first-order chi connectivity index (χ1) is 7.15. The van der Waals surface area contributed by atoms with Gasteiger partial charge in [0.25, 0.3) is 0 Å². The number of benzene rings is 1. The maximum atomic E-state index is 3.55. The smallest absolute Gasteiger partial charge is 0.0178 e. The summed E-state index contributed by atoms with van der Waals surface area (Å²) >= 11 is 3.55. The molecule has 2 heteroatoms. The highest BCUT2D eigenvalue weighted by Gasteiger charge is 2.41. The summed E-state index contributed by atoms with van der Waals surface area (Å²) in [5.41, 5.74) is 3.47. The summed E-state index contributed by atoms with van der Waals surface area (Å²) in [6.45, 7) is 3.36. The number of halogens is 1. The molecule has 2 rings (SSSR count). The lowest BCUT2D eigenvalue weighted by atomic mass is 9.94. The fraction of sp³-hybridized carbons (Fsp3) is 0.538. The van der Waals surface area contributed by atoms with Crippen molar-refractivity contribution in [3.05, 3.63) is 33.8 Å². The third kappa shape index (κ3) is 2.61. The summed E-state index contributed by atoms with van der Waals surface area (Å²) < 4.78 is 1.20. The first kappa shape index (κ1) is 11.2. The third-order valence-corrected chi connectivity index (χ3v) is 3.88. The lowest BCUT2D eigenvalue weighted by Crippen LogP contribution is -2.22. The summed E-state index contributed by atoms with van der Waals surface area (Å²) in [7, 11) is 2.05. The van der Waals surface area contributed by atoms with Crippen molar-refractivity contribution >= 4 is 15.9 Å². The van der Waals surface area contributed by atoms with E-state index in [4.69, 9.17) is 0 Å². The van der Waals surface area contributed by atoms with Crippen LogP contribution in [0.1, 0.15) is 24.0 Å². The third-order valence-electron chi connectivity index (χ3n) is 3.39. The average Bonchev–Trinajstić information content (AvgIpc) is 2.92.